The number of rotatable bonds is 5. The number of aliphatic hydroxyl groups excluding tert-OH is 1. The Bertz CT molecular complexity index is 516. The number of benzene rings is 1. The van der Waals surface area contributed by atoms with E-state index in [-0.39, 0.29) is 29.9 Å². The normalized spacial score (nSPS) is 12.6. The van der Waals surface area contributed by atoms with Crippen molar-refractivity contribution in [1.29, 1.82) is 0 Å². The van der Waals surface area contributed by atoms with E-state index in [2.05, 4.69) is 26.1 Å². The molecule has 22 heavy (non-hydrogen) atoms. The SMILES string of the molecule is CN(C)C(=O)c1ccc(C(=O)NC(CO)CC(C)(C)C)cc1. The van der Waals surface area contributed by atoms with Crippen LogP contribution < -0.4 is 5.32 Å². The van der Waals surface area contributed by atoms with Crippen LogP contribution in [0.2, 0.25) is 0 Å². The van der Waals surface area contributed by atoms with Crippen LogP contribution in [0.4, 0.5) is 0 Å². The van der Waals surface area contributed by atoms with Crippen molar-refractivity contribution in [3.8, 4) is 0 Å². The molecule has 0 aliphatic heterocycles. The van der Waals surface area contributed by atoms with E-state index in [0.717, 1.165) is 0 Å². The molecule has 122 valence electrons. The van der Waals surface area contributed by atoms with Crippen molar-refractivity contribution in [3.63, 3.8) is 0 Å². The molecular formula is C17H26N2O3. The Morgan fingerprint density at radius 2 is 1.64 bits per heavy atom. The van der Waals surface area contributed by atoms with Gasteiger partial charge in [-0.05, 0) is 36.1 Å². The minimum Gasteiger partial charge on any atom is -0.394 e. The second-order valence-corrected chi connectivity index (χ2v) is 6.89. The van der Waals surface area contributed by atoms with Crippen molar-refractivity contribution in [2.75, 3.05) is 20.7 Å². The molecule has 1 atom stereocenters. The van der Waals surface area contributed by atoms with Crippen LogP contribution in [0, 0.1) is 5.41 Å². The maximum absolute atomic E-state index is 12.2. The van der Waals surface area contributed by atoms with Crippen molar-refractivity contribution < 1.29 is 14.7 Å². The van der Waals surface area contributed by atoms with Gasteiger partial charge in [0, 0.05) is 25.2 Å². The molecule has 0 fully saturated rings. The number of nitrogens with zero attached hydrogens (tertiary/aromatic N) is 1. The van der Waals surface area contributed by atoms with E-state index in [1.54, 1.807) is 38.4 Å². The molecule has 2 N–H and O–H groups in total. The first-order chi connectivity index (χ1) is 10.1. The van der Waals surface area contributed by atoms with E-state index in [9.17, 15) is 14.7 Å². The number of carbonyl (C=O) groups excluding carboxylic acids is 2. The molecule has 0 aromatic heterocycles. The molecule has 1 aromatic carbocycles. The van der Waals surface area contributed by atoms with Crippen molar-refractivity contribution in [2.24, 2.45) is 5.41 Å². The summed E-state index contributed by atoms with van der Waals surface area (Å²) < 4.78 is 0. The highest BCUT2D eigenvalue weighted by molar-refractivity contribution is 5.97. The average molecular weight is 306 g/mol. The third-order valence-corrected chi connectivity index (χ3v) is 3.21. The highest BCUT2D eigenvalue weighted by atomic mass is 16.3. The summed E-state index contributed by atoms with van der Waals surface area (Å²) in [6.07, 6.45) is 0.687. The summed E-state index contributed by atoms with van der Waals surface area (Å²) >= 11 is 0. The molecule has 0 aliphatic carbocycles. The van der Waals surface area contributed by atoms with Gasteiger partial charge in [0.1, 0.15) is 0 Å². The van der Waals surface area contributed by atoms with Gasteiger partial charge in [-0.15, -0.1) is 0 Å². The monoisotopic (exact) mass is 306 g/mol. The lowest BCUT2D eigenvalue weighted by atomic mass is 9.88. The molecule has 0 saturated heterocycles. The van der Waals surface area contributed by atoms with Crippen LogP contribution in [0.3, 0.4) is 0 Å². The second-order valence-electron chi connectivity index (χ2n) is 6.89. The Morgan fingerprint density at radius 3 is 2.05 bits per heavy atom. The lowest BCUT2D eigenvalue weighted by Gasteiger charge is -2.25. The van der Waals surface area contributed by atoms with Gasteiger partial charge in [0.2, 0.25) is 0 Å². The Hall–Kier alpha value is -1.88. The van der Waals surface area contributed by atoms with Gasteiger partial charge in [-0.25, -0.2) is 0 Å². The van der Waals surface area contributed by atoms with Gasteiger partial charge in [0.25, 0.3) is 11.8 Å². The van der Waals surface area contributed by atoms with Crippen molar-refractivity contribution >= 4 is 11.8 Å². The number of amides is 2. The van der Waals surface area contributed by atoms with E-state index in [4.69, 9.17) is 0 Å². The van der Waals surface area contributed by atoms with Crippen LogP contribution in [-0.2, 0) is 0 Å². The number of hydrogen-bond donors (Lipinski definition) is 2. The quantitative estimate of drug-likeness (QED) is 0.873. The van der Waals surface area contributed by atoms with Crippen LogP contribution in [-0.4, -0.2) is 48.6 Å². The fourth-order valence-electron chi connectivity index (χ4n) is 2.19. The van der Waals surface area contributed by atoms with Gasteiger partial charge >= 0.3 is 0 Å². The molecule has 5 nitrogen and oxygen atoms in total. The molecule has 0 bridgehead atoms. The van der Waals surface area contributed by atoms with Gasteiger partial charge in [0.15, 0.2) is 0 Å². The number of aliphatic hydroxyl groups is 1. The highest BCUT2D eigenvalue weighted by Gasteiger charge is 2.20. The molecule has 0 heterocycles. The molecule has 0 aliphatic rings. The third-order valence-electron chi connectivity index (χ3n) is 3.21. The molecule has 0 saturated carbocycles. The van der Waals surface area contributed by atoms with Crippen LogP contribution >= 0.6 is 0 Å². The zero-order chi connectivity index (χ0) is 16.9. The van der Waals surface area contributed by atoms with Crippen molar-refractivity contribution in [2.45, 2.75) is 33.2 Å². The Kier molecular flexibility index (Phi) is 6.11. The summed E-state index contributed by atoms with van der Waals surface area (Å²) in [6, 6.07) is 6.23. The fourth-order valence-corrected chi connectivity index (χ4v) is 2.19. The minimum absolute atomic E-state index is 0.0165. The van der Waals surface area contributed by atoms with Gasteiger partial charge in [-0.1, -0.05) is 20.8 Å². The van der Waals surface area contributed by atoms with E-state index < -0.39 is 0 Å². The third kappa shape index (κ3) is 5.48. The fraction of sp³-hybridized carbons (Fsp3) is 0.529. The first-order valence-corrected chi connectivity index (χ1v) is 7.37. The molecular weight excluding hydrogens is 280 g/mol. The number of nitrogens with one attached hydrogen (secondary N) is 1. The van der Waals surface area contributed by atoms with Crippen LogP contribution in [0.1, 0.15) is 47.9 Å². The zero-order valence-electron chi connectivity index (χ0n) is 14.0. The highest BCUT2D eigenvalue weighted by Crippen LogP contribution is 2.20. The maximum Gasteiger partial charge on any atom is 0.253 e. The van der Waals surface area contributed by atoms with Crippen molar-refractivity contribution in [1.82, 2.24) is 10.2 Å². The topological polar surface area (TPSA) is 69.6 Å². The molecule has 1 rings (SSSR count). The van der Waals surface area contributed by atoms with E-state index in [0.29, 0.717) is 17.5 Å². The summed E-state index contributed by atoms with van der Waals surface area (Å²) in [7, 11) is 3.36. The lowest BCUT2D eigenvalue weighted by molar-refractivity contribution is 0.0826. The summed E-state index contributed by atoms with van der Waals surface area (Å²) in [5, 5.41) is 12.2. The van der Waals surface area contributed by atoms with Gasteiger partial charge in [-0.3, -0.25) is 9.59 Å². The zero-order valence-corrected chi connectivity index (χ0v) is 14.0. The predicted molar refractivity (Wildman–Crippen MR) is 86.9 cm³/mol. The largest absolute Gasteiger partial charge is 0.394 e. The smallest absolute Gasteiger partial charge is 0.253 e. The summed E-state index contributed by atoms with van der Waals surface area (Å²) in [4.78, 5) is 25.5. The first kappa shape index (κ1) is 18.2. The maximum atomic E-state index is 12.2. The summed E-state index contributed by atoms with van der Waals surface area (Å²) in [5.41, 5.74) is 1.03. The first-order valence-electron chi connectivity index (χ1n) is 7.37. The predicted octanol–water partition coefficient (Wildman–Crippen LogP) is 1.92. The van der Waals surface area contributed by atoms with Crippen LogP contribution in [0.25, 0.3) is 0 Å². The van der Waals surface area contributed by atoms with E-state index in [1.807, 2.05) is 0 Å². The van der Waals surface area contributed by atoms with Crippen LogP contribution in [0.15, 0.2) is 24.3 Å². The standard InChI is InChI=1S/C17H26N2O3/c1-17(2,3)10-14(11-20)18-15(21)12-6-8-13(9-7-12)16(22)19(4)5/h6-9,14,20H,10-11H2,1-5H3,(H,18,21). The Morgan fingerprint density at radius 1 is 1.14 bits per heavy atom. The van der Waals surface area contributed by atoms with Gasteiger partial charge in [0.05, 0.1) is 12.6 Å². The van der Waals surface area contributed by atoms with E-state index >= 15 is 0 Å². The van der Waals surface area contributed by atoms with Crippen LogP contribution in [0.5, 0.6) is 0 Å². The van der Waals surface area contributed by atoms with E-state index in [1.165, 1.54) is 4.90 Å². The number of hydrogen-bond acceptors (Lipinski definition) is 3. The second kappa shape index (κ2) is 7.40. The summed E-state index contributed by atoms with van der Waals surface area (Å²) in [5.74, 6) is -0.347. The van der Waals surface area contributed by atoms with Gasteiger partial charge < -0.3 is 15.3 Å². The minimum atomic E-state index is -0.282. The lowest BCUT2D eigenvalue weighted by Crippen LogP contribution is -2.40. The average Bonchev–Trinajstić information content (AvgIpc) is 2.44. The molecule has 5 heteroatoms. The molecule has 0 radical (unpaired) electrons. The Labute approximate surface area is 132 Å². The Balaban J connectivity index is 2.75. The molecule has 0 spiro atoms. The summed E-state index contributed by atoms with van der Waals surface area (Å²) in [6.45, 7) is 6.08. The molecule has 1 unspecified atom stereocenters. The number of carbonyl (C=O) groups is 2. The van der Waals surface area contributed by atoms with Crippen molar-refractivity contribution in [3.05, 3.63) is 35.4 Å². The molecule has 2 amide bonds. The molecule has 1 aromatic rings. The van der Waals surface area contributed by atoms with Gasteiger partial charge in [-0.2, -0.15) is 0 Å².